The lowest BCUT2D eigenvalue weighted by Gasteiger charge is -2.10. The van der Waals surface area contributed by atoms with Crippen LogP contribution in [0.25, 0.3) is 0 Å². The number of benzene rings is 1. The lowest BCUT2D eigenvalue weighted by molar-refractivity contribution is 0.108. The molecule has 0 aliphatic carbocycles. The van der Waals surface area contributed by atoms with Crippen LogP contribution in [0.2, 0.25) is 0 Å². The second-order valence-corrected chi connectivity index (χ2v) is 5.92. The molecule has 0 spiro atoms. The molecule has 1 atom stereocenters. The van der Waals surface area contributed by atoms with Gasteiger partial charge >= 0.3 is 6.01 Å². The molecule has 22 heavy (non-hydrogen) atoms. The van der Waals surface area contributed by atoms with Gasteiger partial charge in [-0.15, -0.1) is 0 Å². The molecule has 1 aromatic carbocycles. The topological polar surface area (TPSA) is 70.5 Å². The molecule has 0 radical (unpaired) electrons. The maximum Gasteiger partial charge on any atom is 0.328 e. The zero-order valence-electron chi connectivity index (χ0n) is 12.3. The summed E-state index contributed by atoms with van der Waals surface area (Å²) in [6.45, 7) is 1.99. The van der Waals surface area contributed by atoms with E-state index < -0.39 is 0 Å². The van der Waals surface area contributed by atoms with Gasteiger partial charge in [0.2, 0.25) is 16.9 Å². The molecule has 1 aliphatic rings. The Hall–Kier alpha value is -2.28. The molecule has 7 heteroatoms. The predicted octanol–water partition coefficient (Wildman–Crippen LogP) is 3.23. The van der Waals surface area contributed by atoms with Gasteiger partial charge in [-0.2, -0.15) is 9.97 Å². The van der Waals surface area contributed by atoms with Gasteiger partial charge in [0.25, 0.3) is 0 Å². The van der Waals surface area contributed by atoms with Crippen molar-refractivity contribution in [3.05, 3.63) is 35.4 Å². The van der Waals surface area contributed by atoms with Crippen LogP contribution < -0.4 is 14.2 Å². The van der Waals surface area contributed by atoms with E-state index in [0.29, 0.717) is 23.1 Å². The third kappa shape index (κ3) is 2.59. The molecule has 1 aromatic heterocycles. The number of fused-ring (bicyclic) bond motifs is 1. The normalized spacial score (nSPS) is 16.3. The summed E-state index contributed by atoms with van der Waals surface area (Å²) in [4.78, 5) is 20.3. The van der Waals surface area contributed by atoms with Crippen molar-refractivity contribution in [1.29, 1.82) is 0 Å². The summed E-state index contributed by atoms with van der Waals surface area (Å²) in [6, 6.07) is 7.12. The Kier molecular flexibility index (Phi) is 3.89. The van der Waals surface area contributed by atoms with Crippen molar-refractivity contribution in [1.82, 2.24) is 9.97 Å². The Labute approximate surface area is 131 Å². The Morgan fingerprint density at radius 2 is 1.82 bits per heavy atom. The van der Waals surface area contributed by atoms with Crippen molar-refractivity contribution >= 4 is 16.9 Å². The van der Waals surface area contributed by atoms with Gasteiger partial charge in [-0.25, -0.2) is 0 Å². The molecule has 2 aromatic rings. The van der Waals surface area contributed by atoms with Crippen LogP contribution in [0.15, 0.2) is 24.3 Å². The van der Waals surface area contributed by atoms with E-state index in [2.05, 4.69) is 9.97 Å². The number of nitrogens with zero attached hydrogens (tertiary/aromatic N) is 2. The minimum absolute atomic E-state index is 0.00652. The predicted molar refractivity (Wildman–Crippen MR) is 82.0 cm³/mol. The molecule has 1 aliphatic heterocycles. The summed E-state index contributed by atoms with van der Waals surface area (Å²) >= 11 is 1.28. The van der Waals surface area contributed by atoms with Crippen molar-refractivity contribution in [2.24, 2.45) is 0 Å². The van der Waals surface area contributed by atoms with Gasteiger partial charge in [-0.05, 0) is 18.6 Å². The Bertz CT molecular complexity index is 713. The maximum atomic E-state index is 12.1. The van der Waals surface area contributed by atoms with Crippen LogP contribution in [0.1, 0.15) is 28.1 Å². The van der Waals surface area contributed by atoms with Gasteiger partial charge in [-0.3, -0.25) is 4.79 Å². The minimum atomic E-state index is -0.00652. The van der Waals surface area contributed by atoms with Gasteiger partial charge in [-0.1, -0.05) is 23.9 Å². The molecule has 0 saturated heterocycles. The van der Waals surface area contributed by atoms with Gasteiger partial charge in [0.1, 0.15) is 5.75 Å². The summed E-state index contributed by atoms with van der Waals surface area (Å²) in [5.74, 6) is 1.08. The molecular weight excluding hydrogens is 304 g/mol. The molecule has 2 heterocycles. The highest BCUT2D eigenvalue weighted by atomic mass is 32.2. The number of hydrogen-bond donors (Lipinski definition) is 0. The highest BCUT2D eigenvalue weighted by Gasteiger charge is 2.30. The number of carbonyl (C=O) groups is 1. The van der Waals surface area contributed by atoms with Crippen molar-refractivity contribution < 1.29 is 19.0 Å². The fourth-order valence-corrected chi connectivity index (χ4v) is 3.19. The van der Waals surface area contributed by atoms with E-state index >= 15 is 0 Å². The van der Waals surface area contributed by atoms with Crippen LogP contribution in [-0.2, 0) is 0 Å². The van der Waals surface area contributed by atoms with E-state index in [1.54, 1.807) is 12.1 Å². The average Bonchev–Trinajstić information content (AvgIpc) is 2.82. The number of hydrogen-bond acceptors (Lipinski definition) is 7. The second-order valence-electron chi connectivity index (χ2n) is 4.61. The van der Waals surface area contributed by atoms with E-state index in [4.69, 9.17) is 14.2 Å². The number of carbonyl (C=O) groups excluding carboxylic acids is 1. The SMILES string of the molecule is COc1cc(OC)nc(Oc2cccc3c2C(=O)SC3C)n1. The molecule has 1 unspecified atom stereocenters. The Balaban J connectivity index is 2.00. The van der Waals surface area contributed by atoms with Gasteiger partial charge in [0.15, 0.2) is 0 Å². The summed E-state index contributed by atoms with van der Waals surface area (Å²) in [5.41, 5.74) is 1.53. The van der Waals surface area contributed by atoms with Crippen LogP contribution in [0, 0.1) is 0 Å². The first-order chi connectivity index (χ1) is 10.6. The first kappa shape index (κ1) is 14.6. The number of methoxy groups -OCH3 is 2. The molecular formula is C15H14N2O4S. The fourth-order valence-electron chi connectivity index (χ4n) is 2.21. The quantitative estimate of drug-likeness (QED) is 0.857. The first-order valence-electron chi connectivity index (χ1n) is 6.61. The van der Waals surface area contributed by atoms with Gasteiger partial charge in [0.05, 0.1) is 25.8 Å². The lowest BCUT2D eigenvalue weighted by atomic mass is 10.1. The van der Waals surface area contributed by atoms with E-state index in [1.165, 1.54) is 26.0 Å². The third-order valence-corrected chi connectivity index (χ3v) is 4.29. The summed E-state index contributed by atoms with van der Waals surface area (Å²) in [5, 5.41) is 0.111. The average molecular weight is 318 g/mol. The standard InChI is InChI=1S/C15H14N2O4S/c1-8-9-5-4-6-10(13(9)14(18)22-8)21-15-16-11(19-2)7-12(17-15)20-3/h4-8H,1-3H3. The fraction of sp³-hybridized carbons (Fsp3) is 0.267. The van der Waals surface area contributed by atoms with E-state index in [9.17, 15) is 4.79 Å². The van der Waals surface area contributed by atoms with Crippen LogP contribution >= 0.6 is 11.8 Å². The molecule has 0 N–H and O–H groups in total. The van der Waals surface area contributed by atoms with Gasteiger partial charge in [0, 0.05) is 5.25 Å². The monoisotopic (exact) mass is 318 g/mol. The van der Waals surface area contributed by atoms with Gasteiger partial charge < -0.3 is 14.2 Å². The largest absolute Gasteiger partial charge is 0.481 e. The number of aromatic nitrogens is 2. The molecule has 0 saturated carbocycles. The number of rotatable bonds is 4. The summed E-state index contributed by atoms with van der Waals surface area (Å²) in [7, 11) is 2.99. The van der Waals surface area contributed by atoms with Crippen molar-refractivity contribution in [2.75, 3.05) is 14.2 Å². The molecule has 114 valence electrons. The molecule has 0 fully saturated rings. The second kappa shape index (κ2) is 5.84. The van der Waals surface area contributed by atoms with E-state index in [1.807, 2.05) is 19.1 Å². The van der Waals surface area contributed by atoms with Crippen LogP contribution in [0.4, 0.5) is 0 Å². The molecule has 0 amide bonds. The van der Waals surface area contributed by atoms with Crippen molar-refractivity contribution in [2.45, 2.75) is 12.2 Å². The van der Waals surface area contributed by atoms with E-state index in [0.717, 1.165) is 5.56 Å². The molecule has 0 bridgehead atoms. The zero-order valence-corrected chi connectivity index (χ0v) is 13.1. The van der Waals surface area contributed by atoms with Crippen LogP contribution in [0.5, 0.6) is 23.5 Å². The Morgan fingerprint density at radius 1 is 1.14 bits per heavy atom. The Morgan fingerprint density at radius 3 is 2.45 bits per heavy atom. The lowest BCUT2D eigenvalue weighted by Crippen LogP contribution is -2.01. The van der Waals surface area contributed by atoms with Crippen LogP contribution in [-0.4, -0.2) is 29.3 Å². The maximum absolute atomic E-state index is 12.1. The first-order valence-corrected chi connectivity index (χ1v) is 7.49. The molecule has 6 nitrogen and oxygen atoms in total. The molecule has 3 rings (SSSR count). The van der Waals surface area contributed by atoms with Crippen molar-refractivity contribution in [3.8, 4) is 23.5 Å². The summed E-state index contributed by atoms with van der Waals surface area (Å²) in [6.07, 6.45) is 0. The number of thioether (sulfide) groups is 1. The third-order valence-electron chi connectivity index (χ3n) is 3.26. The summed E-state index contributed by atoms with van der Waals surface area (Å²) < 4.78 is 15.9. The minimum Gasteiger partial charge on any atom is -0.481 e. The van der Waals surface area contributed by atoms with Crippen LogP contribution in [0.3, 0.4) is 0 Å². The highest BCUT2D eigenvalue weighted by Crippen LogP contribution is 2.45. The van der Waals surface area contributed by atoms with E-state index in [-0.39, 0.29) is 16.4 Å². The van der Waals surface area contributed by atoms with Crippen molar-refractivity contribution in [3.63, 3.8) is 0 Å². The highest BCUT2D eigenvalue weighted by molar-refractivity contribution is 8.14. The smallest absolute Gasteiger partial charge is 0.328 e. The number of ether oxygens (including phenoxy) is 3. The zero-order chi connectivity index (χ0) is 15.7.